The van der Waals surface area contributed by atoms with Crippen molar-refractivity contribution in [2.45, 2.75) is 73.4 Å². The Morgan fingerprint density at radius 2 is 1.71 bits per heavy atom. The maximum Gasteiger partial charge on any atom is 0.0619 e. The van der Waals surface area contributed by atoms with Gasteiger partial charge in [-0.2, -0.15) is 0 Å². The van der Waals surface area contributed by atoms with Crippen molar-refractivity contribution in [3.05, 3.63) is 23.0 Å². The van der Waals surface area contributed by atoms with E-state index in [9.17, 15) is 0 Å². The summed E-state index contributed by atoms with van der Waals surface area (Å²) in [5, 5.41) is 0. The summed E-state index contributed by atoms with van der Waals surface area (Å²) < 4.78 is 0. The third-order valence-electron chi connectivity index (χ3n) is 7.13. The normalized spacial score (nSPS) is 41.9. The number of piperidine rings is 1. The van der Waals surface area contributed by atoms with Crippen molar-refractivity contribution >= 4 is 5.69 Å². The summed E-state index contributed by atoms with van der Waals surface area (Å²) in [5.74, 6) is 1.51. The van der Waals surface area contributed by atoms with E-state index in [1.807, 2.05) is 0 Å². The first-order valence-corrected chi connectivity index (χ1v) is 8.37. The van der Waals surface area contributed by atoms with E-state index in [1.54, 1.807) is 0 Å². The summed E-state index contributed by atoms with van der Waals surface area (Å²) in [6.45, 7) is 18.8. The number of hydrogen-bond acceptors (Lipinski definition) is 2. The van der Waals surface area contributed by atoms with Gasteiger partial charge in [-0.15, -0.1) is 0 Å². The molecule has 2 nitrogen and oxygen atoms in total. The standard InChI is InChI=1S/C19H30N2/c1-11-9-12(2)20-15(5)17(11)21-16(6)18(7)10-19(21,8)14(4)13(18)3/h9,13-14,16H,10H2,1-8H3. The molecule has 0 spiro atoms. The van der Waals surface area contributed by atoms with Crippen LogP contribution < -0.4 is 4.90 Å². The molecule has 1 aliphatic carbocycles. The number of fused-ring (bicyclic) bond motifs is 2. The lowest BCUT2D eigenvalue weighted by Gasteiger charge is -2.51. The van der Waals surface area contributed by atoms with Crippen molar-refractivity contribution in [2.24, 2.45) is 17.3 Å². The molecule has 2 bridgehead atoms. The van der Waals surface area contributed by atoms with Gasteiger partial charge in [-0.3, -0.25) is 4.98 Å². The number of pyridine rings is 1. The minimum Gasteiger partial charge on any atom is -0.361 e. The Morgan fingerprint density at radius 1 is 1.10 bits per heavy atom. The molecule has 2 fully saturated rings. The Morgan fingerprint density at radius 3 is 2.24 bits per heavy atom. The Labute approximate surface area is 130 Å². The van der Waals surface area contributed by atoms with Gasteiger partial charge in [-0.05, 0) is 69.9 Å². The second-order valence-corrected chi connectivity index (χ2v) is 8.18. The Bertz CT molecular complexity index is 570. The quantitative estimate of drug-likeness (QED) is 0.746. The first-order valence-electron chi connectivity index (χ1n) is 8.37. The predicted octanol–water partition coefficient (Wildman–Crippen LogP) is 4.66. The number of aryl methyl sites for hydroxylation is 3. The lowest BCUT2D eigenvalue weighted by atomic mass is 9.71. The SMILES string of the molecule is Cc1cc(C)c(N2C(C)C3(C)CC2(C)C(C)C3C)c(C)n1. The van der Waals surface area contributed by atoms with Crippen LogP contribution in [0, 0.1) is 38.0 Å². The van der Waals surface area contributed by atoms with Crippen LogP contribution >= 0.6 is 0 Å². The zero-order chi connectivity index (χ0) is 15.7. The molecule has 5 unspecified atom stereocenters. The lowest BCUT2D eigenvalue weighted by Crippen LogP contribution is -2.56. The first-order chi connectivity index (χ1) is 9.63. The van der Waals surface area contributed by atoms with Gasteiger partial charge >= 0.3 is 0 Å². The van der Waals surface area contributed by atoms with Crippen molar-refractivity contribution < 1.29 is 0 Å². The lowest BCUT2D eigenvalue weighted by molar-refractivity contribution is 0.148. The van der Waals surface area contributed by atoms with Crippen LogP contribution in [-0.4, -0.2) is 16.6 Å². The number of hydrogen-bond donors (Lipinski definition) is 0. The van der Waals surface area contributed by atoms with Gasteiger partial charge in [0.2, 0.25) is 0 Å². The van der Waals surface area contributed by atoms with E-state index in [0.29, 0.717) is 11.5 Å². The fourth-order valence-electron chi connectivity index (χ4n) is 5.60. The minimum absolute atomic E-state index is 0.264. The molecule has 0 aromatic carbocycles. The molecule has 3 rings (SSSR count). The molecule has 0 N–H and O–H groups in total. The van der Waals surface area contributed by atoms with Crippen molar-refractivity contribution in [3.63, 3.8) is 0 Å². The summed E-state index contributed by atoms with van der Waals surface area (Å²) in [6, 6.07) is 2.82. The largest absolute Gasteiger partial charge is 0.361 e. The van der Waals surface area contributed by atoms with Gasteiger partial charge in [0.15, 0.2) is 0 Å². The van der Waals surface area contributed by atoms with E-state index in [4.69, 9.17) is 4.98 Å². The highest BCUT2D eigenvalue weighted by Gasteiger charge is 2.65. The Balaban J connectivity index is 2.17. The molecule has 5 atom stereocenters. The van der Waals surface area contributed by atoms with Gasteiger partial charge in [0.05, 0.1) is 11.4 Å². The molecule has 1 saturated heterocycles. The molecule has 0 amide bonds. The van der Waals surface area contributed by atoms with Crippen molar-refractivity contribution in [3.8, 4) is 0 Å². The molecule has 0 radical (unpaired) electrons. The molecule has 1 saturated carbocycles. The van der Waals surface area contributed by atoms with Crippen LogP contribution in [-0.2, 0) is 0 Å². The van der Waals surface area contributed by atoms with Crippen LogP contribution in [0.5, 0.6) is 0 Å². The highest BCUT2D eigenvalue weighted by molar-refractivity contribution is 5.62. The second kappa shape index (κ2) is 4.24. The van der Waals surface area contributed by atoms with Crippen LogP contribution in [0.25, 0.3) is 0 Å². The monoisotopic (exact) mass is 286 g/mol. The zero-order valence-electron chi connectivity index (χ0n) is 14.9. The fraction of sp³-hybridized carbons (Fsp3) is 0.737. The van der Waals surface area contributed by atoms with Gasteiger partial charge in [0, 0.05) is 17.3 Å². The third-order valence-corrected chi connectivity index (χ3v) is 7.13. The van der Waals surface area contributed by atoms with Crippen molar-refractivity contribution in [2.75, 3.05) is 4.90 Å². The number of anilines is 1. The molecule has 2 heteroatoms. The number of nitrogens with zero attached hydrogens (tertiary/aromatic N) is 2. The Hall–Kier alpha value is -1.05. The van der Waals surface area contributed by atoms with Crippen LogP contribution in [0.4, 0.5) is 5.69 Å². The zero-order valence-corrected chi connectivity index (χ0v) is 14.9. The maximum atomic E-state index is 4.75. The minimum atomic E-state index is 0.264. The molecule has 2 aliphatic rings. The van der Waals surface area contributed by atoms with E-state index in [-0.39, 0.29) is 5.54 Å². The molecule has 21 heavy (non-hydrogen) atoms. The van der Waals surface area contributed by atoms with E-state index in [1.165, 1.54) is 23.4 Å². The highest BCUT2D eigenvalue weighted by atomic mass is 15.3. The van der Waals surface area contributed by atoms with E-state index >= 15 is 0 Å². The Kier molecular flexibility index (Phi) is 3.00. The fourth-order valence-corrected chi connectivity index (χ4v) is 5.60. The summed E-state index contributed by atoms with van der Waals surface area (Å²) in [5.41, 5.74) is 5.76. The molecule has 2 heterocycles. The molecular weight excluding hydrogens is 256 g/mol. The van der Waals surface area contributed by atoms with Gasteiger partial charge < -0.3 is 4.90 Å². The number of aromatic nitrogens is 1. The number of rotatable bonds is 1. The maximum absolute atomic E-state index is 4.75. The van der Waals surface area contributed by atoms with Crippen LogP contribution in [0.15, 0.2) is 6.07 Å². The van der Waals surface area contributed by atoms with Gasteiger partial charge in [-0.25, -0.2) is 0 Å². The van der Waals surface area contributed by atoms with Crippen molar-refractivity contribution in [1.82, 2.24) is 4.98 Å². The molecule has 1 aromatic rings. The molecule has 1 aliphatic heterocycles. The molecule has 116 valence electrons. The van der Waals surface area contributed by atoms with E-state index in [0.717, 1.165) is 17.5 Å². The third kappa shape index (κ3) is 1.68. The second-order valence-electron chi connectivity index (χ2n) is 8.18. The van der Waals surface area contributed by atoms with E-state index < -0.39 is 0 Å². The van der Waals surface area contributed by atoms with Crippen molar-refractivity contribution in [1.29, 1.82) is 0 Å². The van der Waals surface area contributed by atoms with E-state index in [2.05, 4.69) is 66.4 Å². The first kappa shape index (κ1) is 14.9. The van der Waals surface area contributed by atoms with Crippen LogP contribution in [0.1, 0.15) is 58.0 Å². The highest BCUT2D eigenvalue weighted by Crippen LogP contribution is 2.64. The smallest absolute Gasteiger partial charge is 0.0619 e. The van der Waals surface area contributed by atoms with Gasteiger partial charge in [0.1, 0.15) is 0 Å². The van der Waals surface area contributed by atoms with Crippen LogP contribution in [0.2, 0.25) is 0 Å². The average Bonchev–Trinajstić information content (AvgIpc) is 2.68. The van der Waals surface area contributed by atoms with Gasteiger partial charge in [-0.1, -0.05) is 20.8 Å². The predicted molar refractivity (Wildman–Crippen MR) is 89.8 cm³/mol. The molecule has 1 aromatic heterocycles. The van der Waals surface area contributed by atoms with Gasteiger partial charge in [0.25, 0.3) is 0 Å². The average molecular weight is 286 g/mol. The summed E-state index contributed by atoms with van der Waals surface area (Å²) in [4.78, 5) is 7.47. The molecular formula is C19H30N2. The summed E-state index contributed by atoms with van der Waals surface area (Å²) >= 11 is 0. The summed E-state index contributed by atoms with van der Waals surface area (Å²) in [7, 11) is 0. The van der Waals surface area contributed by atoms with Crippen LogP contribution in [0.3, 0.4) is 0 Å². The topological polar surface area (TPSA) is 16.1 Å². The summed E-state index contributed by atoms with van der Waals surface area (Å²) in [6.07, 6.45) is 1.30.